The first-order chi connectivity index (χ1) is 13.5. The van der Waals surface area contributed by atoms with Gasteiger partial charge in [-0.2, -0.15) is 0 Å². The third-order valence-corrected chi connectivity index (χ3v) is 7.29. The fraction of sp³-hybridized carbons (Fsp3) is 0.357. The molecular weight excluding hydrogens is 336 g/mol. The number of rotatable bonds is 4. The SMILES string of the molecule is Cc1ccc(C2CC2c2ccc(C3CC3c3ccc(C)c(C)c3)cc2)cc1C. The van der Waals surface area contributed by atoms with Crippen LogP contribution in [0.4, 0.5) is 0 Å². The monoisotopic (exact) mass is 366 g/mol. The van der Waals surface area contributed by atoms with Gasteiger partial charge in [0.25, 0.3) is 0 Å². The zero-order valence-electron chi connectivity index (χ0n) is 17.5. The molecule has 0 bridgehead atoms. The van der Waals surface area contributed by atoms with Crippen LogP contribution in [0, 0.1) is 27.7 Å². The Kier molecular flexibility index (Phi) is 4.19. The lowest BCUT2D eigenvalue weighted by Crippen LogP contribution is -1.90. The van der Waals surface area contributed by atoms with Crippen molar-refractivity contribution in [1.82, 2.24) is 0 Å². The molecule has 0 heteroatoms. The standard InChI is InChI=1S/C28H30/c1-17-5-7-23(13-19(17)3)27-15-25(27)21-9-11-22(12-10-21)26-16-28(26)24-8-6-18(2)20(4)14-24/h5-14,25-28H,15-16H2,1-4H3. The van der Waals surface area contributed by atoms with Crippen LogP contribution in [0.15, 0.2) is 60.7 Å². The van der Waals surface area contributed by atoms with Crippen molar-refractivity contribution < 1.29 is 0 Å². The van der Waals surface area contributed by atoms with Crippen LogP contribution in [0.5, 0.6) is 0 Å². The molecule has 0 spiro atoms. The lowest BCUT2D eigenvalue weighted by molar-refractivity contribution is 0.999. The maximum absolute atomic E-state index is 2.40. The molecule has 4 unspecified atom stereocenters. The first kappa shape index (κ1) is 17.7. The van der Waals surface area contributed by atoms with Crippen LogP contribution in [0.1, 0.15) is 81.0 Å². The summed E-state index contributed by atoms with van der Waals surface area (Å²) in [5.41, 5.74) is 11.7. The number of hydrogen-bond acceptors (Lipinski definition) is 0. The lowest BCUT2D eigenvalue weighted by Gasteiger charge is -2.07. The fourth-order valence-corrected chi connectivity index (χ4v) is 4.84. The van der Waals surface area contributed by atoms with Gasteiger partial charge in [-0.1, -0.05) is 60.7 Å². The van der Waals surface area contributed by atoms with Gasteiger partial charge >= 0.3 is 0 Å². The van der Waals surface area contributed by atoms with Gasteiger partial charge in [0.05, 0.1) is 0 Å². The second-order valence-electron chi connectivity index (χ2n) is 9.25. The summed E-state index contributed by atoms with van der Waals surface area (Å²) >= 11 is 0. The second kappa shape index (κ2) is 6.62. The largest absolute Gasteiger partial charge is 0.0588 e. The quantitative estimate of drug-likeness (QED) is 0.449. The van der Waals surface area contributed by atoms with Crippen LogP contribution >= 0.6 is 0 Å². The Balaban J connectivity index is 1.27. The molecule has 3 aromatic carbocycles. The first-order valence-corrected chi connectivity index (χ1v) is 10.8. The highest BCUT2D eigenvalue weighted by Crippen LogP contribution is 2.57. The Bertz CT molecular complexity index is 940. The summed E-state index contributed by atoms with van der Waals surface area (Å²) in [6.07, 6.45) is 2.60. The minimum absolute atomic E-state index is 0.714. The van der Waals surface area contributed by atoms with E-state index >= 15 is 0 Å². The van der Waals surface area contributed by atoms with E-state index in [0.29, 0.717) is 23.7 Å². The van der Waals surface area contributed by atoms with Crippen LogP contribution < -0.4 is 0 Å². The van der Waals surface area contributed by atoms with Gasteiger partial charge in [-0.15, -0.1) is 0 Å². The molecule has 0 N–H and O–H groups in total. The molecule has 0 radical (unpaired) electrons. The molecule has 2 saturated carbocycles. The highest BCUT2D eigenvalue weighted by molar-refractivity contribution is 5.44. The minimum Gasteiger partial charge on any atom is -0.0588 e. The van der Waals surface area contributed by atoms with Gasteiger partial charge in [-0.3, -0.25) is 0 Å². The van der Waals surface area contributed by atoms with E-state index in [1.807, 2.05) is 0 Å². The molecule has 4 atom stereocenters. The van der Waals surface area contributed by atoms with Crippen LogP contribution in [0.3, 0.4) is 0 Å². The summed E-state index contributed by atoms with van der Waals surface area (Å²) in [4.78, 5) is 0. The van der Waals surface area contributed by atoms with Crippen molar-refractivity contribution >= 4 is 0 Å². The van der Waals surface area contributed by atoms with Gasteiger partial charge in [-0.05, 0) is 109 Å². The van der Waals surface area contributed by atoms with E-state index < -0.39 is 0 Å². The fourth-order valence-electron chi connectivity index (χ4n) is 4.84. The second-order valence-corrected chi connectivity index (χ2v) is 9.25. The molecule has 2 aliphatic rings. The molecule has 0 heterocycles. The summed E-state index contributed by atoms with van der Waals surface area (Å²) in [5.74, 6) is 2.86. The first-order valence-electron chi connectivity index (χ1n) is 10.8. The Morgan fingerprint density at radius 1 is 0.429 bits per heavy atom. The third kappa shape index (κ3) is 3.20. The van der Waals surface area contributed by atoms with E-state index in [4.69, 9.17) is 0 Å². The van der Waals surface area contributed by atoms with Gasteiger partial charge in [0, 0.05) is 0 Å². The molecular formula is C28H30. The topological polar surface area (TPSA) is 0 Å². The zero-order chi connectivity index (χ0) is 19.4. The average Bonchev–Trinajstić information content (AvgIpc) is 3.60. The molecule has 0 amide bonds. The van der Waals surface area contributed by atoms with E-state index in [1.165, 1.54) is 57.3 Å². The normalized spacial score (nSPS) is 25.6. The molecule has 142 valence electrons. The van der Waals surface area contributed by atoms with Crippen molar-refractivity contribution in [2.75, 3.05) is 0 Å². The molecule has 0 aromatic heterocycles. The maximum atomic E-state index is 2.40. The molecule has 28 heavy (non-hydrogen) atoms. The van der Waals surface area contributed by atoms with Crippen LogP contribution in [0.25, 0.3) is 0 Å². The molecule has 2 fully saturated rings. The predicted molar refractivity (Wildman–Crippen MR) is 118 cm³/mol. The zero-order valence-corrected chi connectivity index (χ0v) is 17.5. The van der Waals surface area contributed by atoms with E-state index in [-0.39, 0.29) is 0 Å². The summed E-state index contributed by atoms with van der Waals surface area (Å²) in [6, 6.07) is 23.6. The van der Waals surface area contributed by atoms with E-state index in [0.717, 1.165) is 0 Å². The smallest absolute Gasteiger partial charge is 0.00867 e. The number of benzene rings is 3. The van der Waals surface area contributed by atoms with Crippen LogP contribution in [0.2, 0.25) is 0 Å². The molecule has 2 aliphatic carbocycles. The Morgan fingerprint density at radius 2 is 0.750 bits per heavy atom. The van der Waals surface area contributed by atoms with Crippen LogP contribution in [-0.4, -0.2) is 0 Å². The van der Waals surface area contributed by atoms with Crippen molar-refractivity contribution in [2.24, 2.45) is 0 Å². The van der Waals surface area contributed by atoms with Gasteiger partial charge in [-0.25, -0.2) is 0 Å². The Labute approximate surface area is 169 Å². The van der Waals surface area contributed by atoms with E-state index in [1.54, 1.807) is 0 Å². The number of hydrogen-bond donors (Lipinski definition) is 0. The Hall–Kier alpha value is -2.34. The van der Waals surface area contributed by atoms with Crippen molar-refractivity contribution in [3.05, 3.63) is 105 Å². The van der Waals surface area contributed by atoms with Gasteiger partial charge < -0.3 is 0 Å². The molecule has 0 saturated heterocycles. The average molecular weight is 367 g/mol. The minimum atomic E-state index is 0.714. The summed E-state index contributed by atoms with van der Waals surface area (Å²) in [7, 11) is 0. The van der Waals surface area contributed by atoms with Crippen molar-refractivity contribution in [2.45, 2.75) is 64.2 Å². The van der Waals surface area contributed by atoms with Crippen molar-refractivity contribution in [3.8, 4) is 0 Å². The molecule has 0 aliphatic heterocycles. The maximum Gasteiger partial charge on any atom is -0.00867 e. The highest BCUT2D eigenvalue weighted by atomic mass is 14.4. The van der Waals surface area contributed by atoms with Gasteiger partial charge in [0.1, 0.15) is 0 Å². The van der Waals surface area contributed by atoms with E-state index in [9.17, 15) is 0 Å². The van der Waals surface area contributed by atoms with Gasteiger partial charge in [0.15, 0.2) is 0 Å². The van der Waals surface area contributed by atoms with Crippen molar-refractivity contribution in [1.29, 1.82) is 0 Å². The summed E-state index contributed by atoms with van der Waals surface area (Å²) in [6.45, 7) is 8.86. The Morgan fingerprint density at radius 3 is 1.11 bits per heavy atom. The van der Waals surface area contributed by atoms with Crippen LogP contribution in [-0.2, 0) is 0 Å². The molecule has 0 nitrogen and oxygen atoms in total. The number of aryl methyl sites for hydroxylation is 4. The van der Waals surface area contributed by atoms with E-state index in [2.05, 4.69) is 88.4 Å². The summed E-state index contributed by atoms with van der Waals surface area (Å²) in [5, 5.41) is 0. The molecule has 3 aromatic rings. The van der Waals surface area contributed by atoms with Gasteiger partial charge in [0.2, 0.25) is 0 Å². The molecule has 5 rings (SSSR count). The summed E-state index contributed by atoms with van der Waals surface area (Å²) < 4.78 is 0. The van der Waals surface area contributed by atoms with Crippen molar-refractivity contribution in [3.63, 3.8) is 0 Å². The third-order valence-electron chi connectivity index (χ3n) is 7.29. The lowest BCUT2D eigenvalue weighted by atomic mass is 9.98. The highest BCUT2D eigenvalue weighted by Gasteiger charge is 2.41. The predicted octanol–water partition coefficient (Wildman–Crippen LogP) is 7.46.